The zero-order valence-corrected chi connectivity index (χ0v) is 16.4. The van der Waals surface area contributed by atoms with Gasteiger partial charge in [-0.05, 0) is 31.9 Å². The molecule has 142 valence electrons. The van der Waals surface area contributed by atoms with Gasteiger partial charge in [-0.1, -0.05) is 5.16 Å². The third-order valence-corrected chi connectivity index (χ3v) is 6.03. The second kappa shape index (κ2) is 7.66. The number of carbonyl (C=O) groups is 1. The Morgan fingerprint density at radius 1 is 1.41 bits per heavy atom. The number of hydrogen-bond donors (Lipinski definition) is 1. The smallest absolute Gasteiger partial charge is 0.252 e. The lowest BCUT2D eigenvalue weighted by Crippen LogP contribution is -2.32. The minimum Gasteiger partial charge on any atom is -0.361 e. The lowest BCUT2D eigenvalue weighted by Gasteiger charge is -2.27. The van der Waals surface area contributed by atoms with E-state index in [-0.39, 0.29) is 5.91 Å². The zero-order valence-electron chi connectivity index (χ0n) is 15.6. The molecule has 0 bridgehead atoms. The number of nitrogens with zero attached hydrogens (tertiary/aromatic N) is 4. The molecule has 8 heteroatoms. The predicted octanol–water partition coefficient (Wildman–Crippen LogP) is 2.54. The summed E-state index contributed by atoms with van der Waals surface area (Å²) in [5, 5.41) is 13.2. The van der Waals surface area contributed by atoms with Gasteiger partial charge in [0.25, 0.3) is 5.91 Å². The average molecular weight is 385 g/mol. The third kappa shape index (κ3) is 3.81. The third-order valence-electron chi connectivity index (χ3n) is 5.02. The number of rotatable bonds is 6. The van der Waals surface area contributed by atoms with Crippen molar-refractivity contribution in [2.75, 3.05) is 13.1 Å². The van der Waals surface area contributed by atoms with E-state index in [1.165, 1.54) is 16.0 Å². The van der Waals surface area contributed by atoms with Gasteiger partial charge in [0.15, 0.2) is 0 Å². The maximum atomic E-state index is 12.6. The molecule has 0 unspecified atom stereocenters. The molecule has 27 heavy (non-hydrogen) atoms. The quantitative estimate of drug-likeness (QED) is 0.706. The van der Waals surface area contributed by atoms with Gasteiger partial charge < -0.3 is 9.84 Å². The Balaban J connectivity index is 1.37. The molecule has 0 aliphatic carbocycles. The molecule has 0 fully saturated rings. The summed E-state index contributed by atoms with van der Waals surface area (Å²) in [6, 6.07) is 1.88. The largest absolute Gasteiger partial charge is 0.361 e. The molecule has 1 N–H and O–H groups in total. The van der Waals surface area contributed by atoms with Crippen LogP contribution in [0.2, 0.25) is 0 Å². The van der Waals surface area contributed by atoms with Crippen LogP contribution in [0.15, 0.2) is 28.4 Å². The fourth-order valence-electron chi connectivity index (χ4n) is 3.47. The van der Waals surface area contributed by atoms with Crippen molar-refractivity contribution in [2.24, 2.45) is 0 Å². The van der Waals surface area contributed by atoms with Crippen LogP contribution in [0.5, 0.6) is 0 Å². The van der Waals surface area contributed by atoms with Gasteiger partial charge in [0, 0.05) is 54.4 Å². The number of carbonyl (C=O) groups excluding carboxylic acids is 1. The highest BCUT2D eigenvalue weighted by Gasteiger charge is 2.25. The molecule has 4 rings (SSSR count). The molecule has 1 amide bonds. The highest BCUT2D eigenvalue weighted by molar-refractivity contribution is 7.10. The standard InChI is InChI=1S/C19H23N5O2S/c1-13-16(14(2)26-22-13)10-23-8-4-15-17(12-27-18(15)11-23)19(25)20-6-9-24-7-3-5-21-24/h3,5,7,12H,4,6,8-11H2,1-2H3,(H,20,25). The summed E-state index contributed by atoms with van der Waals surface area (Å²) >= 11 is 1.68. The van der Waals surface area contributed by atoms with Crippen molar-refractivity contribution in [3.63, 3.8) is 0 Å². The Bertz CT molecular complexity index is 909. The van der Waals surface area contributed by atoms with E-state index in [9.17, 15) is 4.79 Å². The first-order chi connectivity index (χ1) is 13.1. The molecule has 0 atom stereocenters. The van der Waals surface area contributed by atoms with Crippen molar-refractivity contribution in [1.29, 1.82) is 0 Å². The summed E-state index contributed by atoms with van der Waals surface area (Å²) in [6.07, 6.45) is 4.53. The summed E-state index contributed by atoms with van der Waals surface area (Å²) in [6.45, 7) is 7.83. The van der Waals surface area contributed by atoms with Crippen LogP contribution in [0.3, 0.4) is 0 Å². The number of amides is 1. The Labute approximate surface area is 162 Å². The lowest BCUT2D eigenvalue weighted by molar-refractivity contribution is 0.0950. The normalized spacial score (nSPS) is 14.3. The van der Waals surface area contributed by atoms with E-state index in [2.05, 4.69) is 20.5 Å². The second-order valence-corrected chi connectivity index (χ2v) is 7.80. The number of fused-ring (bicyclic) bond motifs is 1. The van der Waals surface area contributed by atoms with Crippen molar-refractivity contribution < 1.29 is 9.32 Å². The molecule has 4 heterocycles. The average Bonchev–Trinajstić information content (AvgIpc) is 3.38. The van der Waals surface area contributed by atoms with Gasteiger partial charge in [-0.15, -0.1) is 11.3 Å². The van der Waals surface area contributed by atoms with Gasteiger partial charge in [-0.2, -0.15) is 5.10 Å². The maximum absolute atomic E-state index is 12.6. The molecule has 0 spiro atoms. The van der Waals surface area contributed by atoms with Crippen molar-refractivity contribution in [2.45, 2.75) is 39.9 Å². The summed E-state index contributed by atoms with van der Waals surface area (Å²) in [5.41, 5.74) is 4.16. The van der Waals surface area contributed by atoms with E-state index in [1.807, 2.05) is 36.2 Å². The molecule has 0 saturated heterocycles. The molecule has 0 aromatic carbocycles. The number of aromatic nitrogens is 3. The van der Waals surface area contributed by atoms with Crippen LogP contribution >= 0.6 is 11.3 Å². The summed E-state index contributed by atoms with van der Waals surface area (Å²) < 4.78 is 7.09. The van der Waals surface area contributed by atoms with E-state index in [0.717, 1.165) is 43.1 Å². The summed E-state index contributed by atoms with van der Waals surface area (Å²) in [5.74, 6) is 0.903. The summed E-state index contributed by atoms with van der Waals surface area (Å²) in [4.78, 5) is 16.2. The zero-order chi connectivity index (χ0) is 18.8. The number of thiophene rings is 1. The van der Waals surface area contributed by atoms with Crippen molar-refractivity contribution in [3.8, 4) is 0 Å². The molecule has 1 aliphatic heterocycles. The van der Waals surface area contributed by atoms with E-state index in [0.29, 0.717) is 13.1 Å². The van der Waals surface area contributed by atoms with Crippen LogP contribution in [-0.4, -0.2) is 38.8 Å². The maximum Gasteiger partial charge on any atom is 0.252 e. The fourth-order valence-corrected chi connectivity index (χ4v) is 4.59. The predicted molar refractivity (Wildman–Crippen MR) is 103 cm³/mol. The minimum absolute atomic E-state index is 0.0128. The van der Waals surface area contributed by atoms with Crippen molar-refractivity contribution in [3.05, 3.63) is 56.9 Å². The van der Waals surface area contributed by atoms with Crippen LogP contribution in [0.4, 0.5) is 0 Å². The first-order valence-corrected chi connectivity index (χ1v) is 9.98. The van der Waals surface area contributed by atoms with Crippen molar-refractivity contribution in [1.82, 2.24) is 25.2 Å². The van der Waals surface area contributed by atoms with Crippen molar-refractivity contribution >= 4 is 17.2 Å². The SMILES string of the molecule is Cc1noc(C)c1CN1CCc2c(C(=O)NCCn3cccn3)csc2C1. The minimum atomic E-state index is 0.0128. The van der Waals surface area contributed by atoms with Crippen LogP contribution in [0.25, 0.3) is 0 Å². The van der Waals surface area contributed by atoms with Gasteiger partial charge >= 0.3 is 0 Å². The van der Waals surface area contributed by atoms with Crippen LogP contribution in [0, 0.1) is 13.8 Å². The highest BCUT2D eigenvalue weighted by atomic mass is 32.1. The van der Waals surface area contributed by atoms with Gasteiger partial charge in [0.05, 0.1) is 17.8 Å². The van der Waals surface area contributed by atoms with E-state index in [1.54, 1.807) is 17.5 Å². The summed E-state index contributed by atoms with van der Waals surface area (Å²) in [7, 11) is 0. The van der Waals surface area contributed by atoms with Crippen LogP contribution in [0.1, 0.15) is 37.8 Å². The number of nitrogens with one attached hydrogen (secondary N) is 1. The fraction of sp³-hybridized carbons (Fsp3) is 0.421. The van der Waals surface area contributed by atoms with Crippen LogP contribution in [-0.2, 0) is 26.1 Å². The molecule has 1 aliphatic rings. The first-order valence-electron chi connectivity index (χ1n) is 9.11. The Hall–Kier alpha value is -2.45. The van der Waals surface area contributed by atoms with Crippen LogP contribution < -0.4 is 5.32 Å². The first kappa shape index (κ1) is 17.9. The molecule has 3 aromatic rings. The van der Waals surface area contributed by atoms with Gasteiger partial charge in [0.2, 0.25) is 0 Å². The molecule has 3 aromatic heterocycles. The van der Waals surface area contributed by atoms with E-state index >= 15 is 0 Å². The molecular formula is C19H23N5O2S. The lowest BCUT2D eigenvalue weighted by atomic mass is 10.0. The van der Waals surface area contributed by atoms with E-state index < -0.39 is 0 Å². The Kier molecular flexibility index (Phi) is 5.09. The monoisotopic (exact) mass is 385 g/mol. The number of aryl methyl sites for hydroxylation is 2. The van der Waals surface area contributed by atoms with Gasteiger partial charge in [-0.25, -0.2) is 0 Å². The highest BCUT2D eigenvalue weighted by Crippen LogP contribution is 2.30. The van der Waals surface area contributed by atoms with E-state index in [4.69, 9.17) is 4.52 Å². The molecule has 0 saturated carbocycles. The Morgan fingerprint density at radius 2 is 2.30 bits per heavy atom. The topological polar surface area (TPSA) is 76.2 Å². The number of hydrogen-bond acceptors (Lipinski definition) is 6. The molecular weight excluding hydrogens is 362 g/mol. The Morgan fingerprint density at radius 3 is 3.04 bits per heavy atom. The second-order valence-electron chi connectivity index (χ2n) is 6.84. The van der Waals surface area contributed by atoms with Gasteiger partial charge in [0.1, 0.15) is 5.76 Å². The molecule has 0 radical (unpaired) electrons. The van der Waals surface area contributed by atoms with Gasteiger partial charge in [-0.3, -0.25) is 14.4 Å². The molecule has 7 nitrogen and oxygen atoms in total.